The first-order chi connectivity index (χ1) is 5.49. The maximum atomic E-state index is 5.89. The summed E-state index contributed by atoms with van der Waals surface area (Å²) in [6.45, 7) is 10.4. The molecule has 0 fully saturated rings. The van der Waals surface area contributed by atoms with Gasteiger partial charge in [0, 0.05) is 10.6 Å². The molecule has 70 valence electrons. The van der Waals surface area contributed by atoms with Crippen LogP contribution in [0.5, 0.6) is 0 Å². The monoisotopic (exact) mass is 185 g/mol. The minimum Gasteiger partial charge on any atom is -0.401 e. The van der Waals surface area contributed by atoms with Crippen molar-refractivity contribution in [2.45, 2.75) is 34.6 Å². The molecule has 2 N–H and O–H groups in total. The van der Waals surface area contributed by atoms with E-state index < -0.39 is 0 Å². The molecule has 1 nitrogen and oxygen atoms in total. The molecule has 0 unspecified atom stereocenters. The van der Waals surface area contributed by atoms with Gasteiger partial charge >= 0.3 is 0 Å². The Labute approximate surface area is 80.1 Å². The van der Waals surface area contributed by atoms with Crippen LogP contribution < -0.4 is 5.73 Å². The lowest BCUT2D eigenvalue weighted by Crippen LogP contribution is -2.06. The van der Waals surface area contributed by atoms with Crippen molar-refractivity contribution >= 4 is 11.8 Å². The lowest BCUT2D eigenvalue weighted by atomic mass is 10.1. The predicted octanol–water partition coefficient (Wildman–Crippen LogP) is 3.49. The van der Waals surface area contributed by atoms with Crippen LogP contribution in [0.3, 0.4) is 0 Å². The molecule has 0 saturated heterocycles. The third kappa shape index (κ3) is 3.86. The molecule has 0 aliphatic rings. The van der Waals surface area contributed by atoms with E-state index in [0.29, 0.717) is 5.92 Å². The summed E-state index contributed by atoms with van der Waals surface area (Å²) >= 11 is 1.75. The minimum atomic E-state index is 0.446. The lowest BCUT2D eigenvalue weighted by molar-refractivity contribution is 0.752. The zero-order chi connectivity index (χ0) is 9.72. The molecule has 0 aliphatic carbocycles. The van der Waals surface area contributed by atoms with Crippen molar-refractivity contribution in [1.29, 1.82) is 0 Å². The molecule has 0 rings (SSSR count). The summed E-state index contributed by atoms with van der Waals surface area (Å²) in [5.74, 6) is 0.446. The summed E-state index contributed by atoms with van der Waals surface area (Å²) in [4.78, 5) is 2.52. The largest absolute Gasteiger partial charge is 0.401 e. The topological polar surface area (TPSA) is 26.0 Å². The lowest BCUT2D eigenvalue weighted by Gasteiger charge is -2.10. The number of rotatable bonds is 3. The molecular weight excluding hydrogens is 166 g/mol. The molecule has 0 aromatic heterocycles. The first kappa shape index (κ1) is 11.6. The summed E-state index contributed by atoms with van der Waals surface area (Å²) in [6, 6.07) is 0. The van der Waals surface area contributed by atoms with Crippen LogP contribution in [0.2, 0.25) is 0 Å². The van der Waals surface area contributed by atoms with E-state index in [2.05, 4.69) is 33.8 Å². The highest BCUT2D eigenvalue weighted by molar-refractivity contribution is 8.06. The molecule has 12 heavy (non-hydrogen) atoms. The van der Waals surface area contributed by atoms with Crippen molar-refractivity contribution < 1.29 is 0 Å². The smallest absolute Gasteiger partial charge is 0.0204 e. The highest BCUT2D eigenvalue weighted by Gasteiger charge is 2.03. The van der Waals surface area contributed by atoms with E-state index in [1.54, 1.807) is 11.8 Å². The van der Waals surface area contributed by atoms with Crippen molar-refractivity contribution in [2.75, 3.05) is 0 Å². The molecule has 0 bridgehead atoms. The van der Waals surface area contributed by atoms with Gasteiger partial charge in [0.25, 0.3) is 0 Å². The normalized spacial score (nSPS) is 15.0. The van der Waals surface area contributed by atoms with Gasteiger partial charge in [-0.25, -0.2) is 0 Å². The molecule has 0 radical (unpaired) electrons. The maximum Gasteiger partial charge on any atom is 0.0204 e. The van der Waals surface area contributed by atoms with Gasteiger partial charge in [-0.05, 0) is 31.6 Å². The van der Waals surface area contributed by atoms with Crippen LogP contribution in [0.15, 0.2) is 21.6 Å². The Morgan fingerprint density at radius 3 is 2.17 bits per heavy atom. The van der Waals surface area contributed by atoms with E-state index in [1.165, 1.54) is 9.81 Å². The SMILES string of the molecule is C/C=C(/C)S/C(C)=C(\N)C(C)C. The Morgan fingerprint density at radius 1 is 1.33 bits per heavy atom. The summed E-state index contributed by atoms with van der Waals surface area (Å²) in [5, 5.41) is 0. The highest BCUT2D eigenvalue weighted by Crippen LogP contribution is 2.27. The van der Waals surface area contributed by atoms with E-state index in [0.717, 1.165) is 5.70 Å². The third-order valence-electron chi connectivity index (χ3n) is 1.75. The van der Waals surface area contributed by atoms with Gasteiger partial charge in [-0.1, -0.05) is 31.7 Å². The summed E-state index contributed by atoms with van der Waals surface area (Å²) < 4.78 is 0. The summed E-state index contributed by atoms with van der Waals surface area (Å²) in [6.07, 6.45) is 2.10. The van der Waals surface area contributed by atoms with Crippen molar-refractivity contribution in [3.05, 3.63) is 21.6 Å². The number of hydrogen-bond acceptors (Lipinski definition) is 2. The molecule has 0 aliphatic heterocycles. The van der Waals surface area contributed by atoms with Crippen molar-refractivity contribution in [3.8, 4) is 0 Å². The van der Waals surface area contributed by atoms with E-state index in [-0.39, 0.29) is 0 Å². The van der Waals surface area contributed by atoms with Crippen LogP contribution in [0.4, 0.5) is 0 Å². The van der Waals surface area contributed by atoms with Crippen molar-refractivity contribution in [3.63, 3.8) is 0 Å². The first-order valence-corrected chi connectivity index (χ1v) is 5.07. The van der Waals surface area contributed by atoms with Gasteiger partial charge in [-0.15, -0.1) is 0 Å². The predicted molar refractivity (Wildman–Crippen MR) is 58.7 cm³/mol. The standard InChI is InChI=1S/C10H19NS/c1-6-8(4)12-9(5)10(11)7(2)3/h6-7H,11H2,1-5H3/b8-6-,10-9-. The Kier molecular flexibility index (Phi) is 5.14. The van der Waals surface area contributed by atoms with Gasteiger partial charge in [0.15, 0.2) is 0 Å². The van der Waals surface area contributed by atoms with Crippen molar-refractivity contribution in [2.24, 2.45) is 11.7 Å². The van der Waals surface area contributed by atoms with Gasteiger partial charge in [-0.3, -0.25) is 0 Å². The van der Waals surface area contributed by atoms with Gasteiger partial charge in [0.05, 0.1) is 0 Å². The van der Waals surface area contributed by atoms with Gasteiger partial charge in [-0.2, -0.15) is 0 Å². The highest BCUT2D eigenvalue weighted by atomic mass is 32.2. The van der Waals surface area contributed by atoms with Crippen molar-refractivity contribution in [1.82, 2.24) is 0 Å². The molecule has 0 aromatic rings. The van der Waals surface area contributed by atoms with E-state index >= 15 is 0 Å². The zero-order valence-electron chi connectivity index (χ0n) is 8.64. The van der Waals surface area contributed by atoms with Crippen LogP contribution in [-0.4, -0.2) is 0 Å². The van der Waals surface area contributed by atoms with Gasteiger partial charge in [0.2, 0.25) is 0 Å². The molecule has 0 amide bonds. The molecule has 0 heterocycles. The van der Waals surface area contributed by atoms with Crippen LogP contribution >= 0.6 is 11.8 Å². The summed E-state index contributed by atoms with van der Waals surface area (Å²) in [5.41, 5.74) is 6.90. The fourth-order valence-electron chi connectivity index (χ4n) is 0.766. The molecule has 0 aromatic carbocycles. The van der Waals surface area contributed by atoms with Gasteiger partial charge in [0.1, 0.15) is 0 Å². The molecule has 0 saturated carbocycles. The van der Waals surface area contributed by atoms with Gasteiger partial charge < -0.3 is 5.73 Å². The Bertz CT molecular complexity index is 202. The molecular formula is C10H19NS. The number of thioether (sulfide) groups is 1. The molecule has 0 spiro atoms. The second-order valence-electron chi connectivity index (χ2n) is 3.17. The summed E-state index contributed by atoms with van der Waals surface area (Å²) in [7, 11) is 0. The van der Waals surface area contributed by atoms with Crippen LogP contribution in [0.1, 0.15) is 34.6 Å². The minimum absolute atomic E-state index is 0.446. The van der Waals surface area contributed by atoms with Crippen LogP contribution in [-0.2, 0) is 0 Å². The Balaban J connectivity index is 4.37. The molecule has 2 heteroatoms. The molecule has 0 atom stereocenters. The van der Waals surface area contributed by atoms with E-state index in [1.807, 2.05) is 6.92 Å². The van der Waals surface area contributed by atoms with E-state index in [4.69, 9.17) is 5.73 Å². The second kappa shape index (κ2) is 5.31. The Morgan fingerprint density at radius 2 is 1.83 bits per heavy atom. The number of hydrogen-bond donors (Lipinski definition) is 1. The van der Waals surface area contributed by atoms with E-state index in [9.17, 15) is 0 Å². The number of nitrogens with two attached hydrogens (primary N) is 1. The fraction of sp³-hybridized carbons (Fsp3) is 0.600. The maximum absolute atomic E-state index is 5.89. The fourth-order valence-corrected chi connectivity index (χ4v) is 1.72. The van der Waals surface area contributed by atoms with Crippen LogP contribution in [0, 0.1) is 5.92 Å². The Hall–Kier alpha value is -0.370. The quantitative estimate of drug-likeness (QED) is 0.728. The zero-order valence-corrected chi connectivity index (χ0v) is 9.46. The average molecular weight is 185 g/mol. The number of allylic oxidation sites excluding steroid dienone is 4. The third-order valence-corrected chi connectivity index (χ3v) is 2.85. The first-order valence-electron chi connectivity index (χ1n) is 4.26. The average Bonchev–Trinajstić information content (AvgIpc) is 2.02. The second-order valence-corrected chi connectivity index (χ2v) is 4.63. The van der Waals surface area contributed by atoms with Crippen LogP contribution in [0.25, 0.3) is 0 Å².